The number of ether oxygens (including phenoxy) is 2. The van der Waals surface area contributed by atoms with Crippen molar-refractivity contribution in [2.75, 3.05) is 20.8 Å². The van der Waals surface area contributed by atoms with Crippen LogP contribution in [0.4, 0.5) is 0 Å². The van der Waals surface area contributed by atoms with Gasteiger partial charge in [-0.1, -0.05) is 24.0 Å². The molecule has 0 aromatic heterocycles. The van der Waals surface area contributed by atoms with Gasteiger partial charge in [-0.2, -0.15) is 0 Å². The largest absolute Gasteiger partial charge is 0.497 e. The summed E-state index contributed by atoms with van der Waals surface area (Å²) in [4.78, 5) is 11.9. The van der Waals surface area contributed by atoms with Crippen LogP contribution in [0.3, 0.4) is 0 Å². The molecule has 0 spiro atoms. The predicted molar refractivity (Wildman–Crippen MR) is 85.2 cm³/mol. The van der Waals surface area contributed by atoms with Gasteiger partial charge in [-0.3, -0.25) is 4.79 Å². The van der Waals surface area contributed by atoms with E-state index in [1.165, 1.54) is 0 Å². The molecule has 4 nitrogen and oxygen atoms in total. The molecule has 0 saturated carbocycles. The first kappa shape index (κ1) is 15.5. The highest BCUT2D eigenvalue weighted by molar-refractivity contribution is 5.94. The maximum absolute atomic E-state index is 11.9. The van der Waals surface area contributed by atoms with Crippen molar-refractivity contribution in [1.29, 1.82) is 0 Å². The van der Waals surface area contributed by atoms with Crippen LogP contribution in [0.2, 0.25) is 0 Å². The molecule has 0 heterocycles. The minimum atomic E-state index is -0.169. The van der Waals surface area contributed by atoms with E-state index in [9.17, 15) is 4.79 Å². The molecule has 2 aromatic carbocycles. The molecular weight excluding hydrogens is 278 g/mol. The van der Waals surface area contributed by atoms with Crippen LogP contribution in [0.25, 0.3) is 0 Å². The lowest BCUT2D eigenvalue weighted by Crippen LogP contribution is -2.23. The lowest BCUT2D eigenvalue weighted by molar-refractivity contribution is 0.0958. The quantitative estimate of drug-likeness (QED) is 0.882. The normalized spacial score (nSPS) is 9.36. The van der Waals surface area contributed by atoms with Crippen LogP contribution in [0.15, 0.2) is 48.5 Å². The van der Waals surface area contributed by atoms with Crippen molar-refractivity contribution in [3.05, 3.63) is 59.7 Å². The fourth-order valence-corrected chi connectivity index (χ4v) is 1.86. The van der Waals surface area contributed by atoms with Gasteiger partial charge in [0.2, 0.25) is 0 Å². The monoisotopic (exact) mass is 295 g/mol. The molecule has 0 saturated heterocycles. The molecule has 1 N–H and O–H groups in total. The van der Waals surface area contributed by atoms with E-state index in [2.05, 4.69) is 17.2 Å². The first-order valence-electron chi connectivity index (χ1n) is 6.78. The fraction of sp³-hybridized carbons (Fsp3) is 0.167. The van der Waals surface area contributed by atoms with Crippen LogP contribution in [-0.2, 0) is 0 Å². The zero-order chi connectivity index (χ0) is 15.8. The number of nitrogens with one attached hydrogen (secondary N) is 1. The number of para-hydroxylation sites is 1. The maximum Gasteiger partial charge on any atom is 0.252 e. The smallest absolute Gasteiger partial charge is 0.252 e. The molecule has 0 aliphatic carbocycles. The molecule has 4 heteroatoms. The summed E-state index contributed by atoms with van der Waals surface area (Å²) in [5.74, 6) is 7.16. The van der Waals surface area contributed by atoms with E-state index < -0.39 is 0 Å². The Balaban J connectivity index is 1.93. The van der Waals surface area contributed by atoms with E-state index in [1.807, 2.05) is 24.3 Å². The van der Waals surface area contributed by atoms with Crippen LogP contribution >= 0.6 is 0 Å². The molecule has 0 atom stereocenters. The number of benzene rings is 2. The van der Waals surface area contributed by atoms with E-state index in [1.54, 1.807) is 38.5 Å². The lowest BCUT2D eigenvalue weighted by Gasteiger charge is -2.03. The second-order valence-corrected chi connectivity index (χ2v) is 4.41. The first-order chi connectivity index (χ1) is 10.7. The third-order valence-electron chi connectivity index (χ3n) is 3.02. The summed E-state index contributed by atoms with van der Waals surface area (Å²) in [5.41, 5.74) is 1.36. The number of hydrogen-bond donors (Lipinski definition) is 1. The molecule has 0 unspecified atom stereocenters. The molecule has 0 fully saturated rings. The average Bonchev–Trinajstić information content (AvgIpc) is 2.59. The van der Waals surface area contributed by atoms with E-state index in [4.69, 9.17) is 9.47 Å². The zero-order valence-electron chi connectivity index (χ0n) is 12.6. The predicted octanol–water partition coefficient (Wildman–Crippen LogP) is 2.49. The van der Waals surface area contributed by atoms with E-state index in [0.29, 0.717) is 11.3 Å². The van der Waals surface area contributed by atoms with Crippen LogP contribution in [0.5, 0.6) is 11.5 Å². The highest BCUT2D eigenvalue weighted by Gasteiger charge is 2.03. The zero-order valence-corrected chi connectivity index (χ0v) is 12.6. The minimum Gasteiger partial charge on any atom is -0.497 e. The Labute approximate surface area is 130 Å². The highest BCUT2D eigenvalue weighted by Crippen LogP contribution is 2.15. The van der Waals surface area contributed by atoms with Crippen LogP contribution in [0, 0.1) is 11.8 Å². The van der Waals surface area contributed by atoms with E-state index in [0.717, 1.165) is 11.3 Å². The van der Waals surface area contributed by atoms with Gasteiger partial charge in [0, 0.05) is 5.56 Å². The van der Waals surface area contributed by atoms with Crippen molar-refractivity contribution in [3.63, 3.8) is 0 Å². The summed E-state index contributed by atoms with van der Waals surface area (Å²) in [7, 11) is 3.19. The first-order valence-corrected chi connectivity index (χ1v) is 6.78. The minimum absolute atomic E-state index is 0.169. The molecule has 0 aliphatic rings. The van der Waals surface area contributed by atoms with Gasteiger partial charge in [-0.25, -0.2) is 0 Å². The van der Waals surface area contributed by atoms with Crippen LogP contribution in [0.1, 0.15) is 15.9 Å². The van der Waals surface area contributed by atoms with Gasteiger partial charge in [0.15, 0.2) is 0 Å². The Morgan fingerprint density at radius 2 is 1.77 bits per heavy atom. The number of hydrogen-bond acceptors (Lipinski definition) is 3. The number of carbonyl (C=O) groups is 1. The summed E-state index contributed by atoms with van der Waals surface area (Å²) in [6, 6.07) is 14.4. The van der Waals surface area contributed by atoms with Crippen molar-refractivity contribution in [3.8, 4) is 23.3 Å². The Hall–Kier alpha value is -2.93. The third kappa shape index (κ3) is 4.03. The van der Waals surface area contributed by atoms with Gasteiger partial charge in [0.25, 0.3) is 5.91 Å². The third-order valence-corrected chi connectivity index (χ3v) is 3.02. The van der Waals surface area contributed by atoms with Gasteiger partial charge < -0.3 is 14.8 Å². The molecular formula is C18H17NO3. The topological polar surface area (TPSA) is 47.6 Å². The van der Waals surface area contributed by atoms with Crippen molar-refractivity contribution < 1.29 is 14.3 Å². The molecule has 112 valence electrons. The number of amides is 1. The van der Waals surface area contributed by atoms with E-state index >= 15 is 0 Å². The molecule has 2 aromatic rings. The SMILES string of the molecule is COc1ccc(C(=O)NCC#Cc2ccccc2OC)cc1. The van der Waals surface area contributed by atoms with Crippen molar-refractivity contribution >= 4 is 5.91 Å². The summed E-state index contributed by atoms with van der Waals surface area (Å²) in [6.45, 7) is 0.267. The van der Waals surface area contributed by atoms with Crippen LogP contribution < -0.4 is 14.8 Å². The Morgan fingerprint density at radius 3 is 2.45 bits per heavy atom. The van der Waals surface area contributed by atoms with Gasteiger partial charge in [-0.15, -0.1) is 0 Å². The van der Waals surface area contributed by atoms with Crippen LogP contribution in [-0.4, -0.2) is 26.7 Å². The van der Waals surface area contributed by atoms with Gasteiger partial charge in [0.1, 0.15) is 11.5 Å². The second kappa shape index (κ2) is 7.75. The number of carbonyl (C=O) groups excluding carboxylic acids is 1. The van der Waals surface area contributed by atoms with Crippen molar-refractivity contribution in [2.24, 2.45) is 0 Å². The van der Waals surface area contributed by atoms with Crippen molar-refractivity contribution in [2.45, 2.75) is 0 Å². The average molecular weight is 295 g/mol. The Kier molecular flexibility index (Phi) is 5.44. The van der Waals surface area contributed by atoms with Gasteiger partial charge in [-0.05, 0) is 36.4 Å². The summed E-state index contributed by atoms with van der Waals surface area (Å²) in [5, 5.41) is 2.75. The summed E-state index contributed by atoms with van der Waals surface area (Å²) < 4.78 is 10.3. The highest BCUT2D eigenvalue weighted by atomic mass is 16.5. The molecule has 0 radical (unpaired) electrons. The number of rotatable bonds is 4. The Bertz CT molecular complexity index is 696. The maximum atomic E-state index is 11.9. The lowest BCUT2D eigenvalue weighted by atomic mass is 10.2. The number of methoxy groups -OCH3 is 2. The Morgan fingerprint density at radius 1 is 1.05 bits per heavy atom. The molecule has 1 amide bonds. The molecule has 2 rings (SSSR count). The van der Waals surface area contributed by atoms with Gasteiger partial charge >= 0.3 is 0 Å². The summed E-state index contributed by atoms with van der Waals surface area (Å²) in [6.07, 6.45) is 0. The molecule has 22 heavy (non-hydrogen) atoms. The second-order valence-electron chi connectivity index (χ2n) is 4.41. The summed E-state index contributed by atoms with van der Waals surface area (Å²) >= 11 is 0. The standard InChI is InChI=1S/C18H17NO3/c1-21-16-11-9-15(10-12-16)18(20)19-13-5-7-14-6-3-4-8-17(14)22-2/h3-4,6,8-12H,13H2,1-2H3,(H,19,20). The molecule has 0 bridgehead atoms. The van der Waals surface area contributed by atoms with Gasteiger partial charge in [0.05, 0.1) is 26.3 Å². The van der Waals surface area contributed by atoms with Crippen molar-refractivity contribution in [1.82, 2.24) is 5.32 Å². The molecule has 0 aliphatic heterocycles. The van der Waals surface area contributed by atoms with E-state index in [-0.39, 0.29) is 12.5 Å². The fourth-order valence-electron chi connectivity index (χ4n) is 1.86.